The van der Waals surface area contributed by atoms with E-state index in [4.69, 9.17) is 5.11 Å². The van der Waals surface area contributed by atoms with Gasteiger partial charge in [0.15, 0.2) is 0 Å². The molecule has 0 bridgehead atoms. The highest BCUT2D eigenvalue weighted by atomic mass is 19.4. The molecule has 0 aromatic carbocycles. The number of hydrogen-bond donors (Lipinski definition) is 1. The number of aliphatic carboxylic acids is 1. The average molecular weight is 239 g/mol. The van der Waals surface area contributed by atoms with Crippen LogP contribution in [0, 0.1) is 11.8 Å². The van der Waals surface area contributed by atoms with Gasteiger partial charge in [-0.1, -0.05) is 0 Å². The third-order valence-electron chi connectivity index (χ3n) is 2.80. The van der Waals surface area contributed by atoms with Gasteiger partial charge in [0, 0.05) is 20.0 Å². The summed E-state index contributed by atoms with van der Waals surface area (Å²) >= 11 is 0. The maximum absolute atomic E-state index is 12.5. The Bertz CT molecular complexity index is 303. The molecular formula is C9H12F3NO3. The lowest BCUT2D eigenvalue weighted by atomic mass is 9.85. The quantitative estimate of drug-likeness (QED) is 0.745. The second-order valence-electron chi connectivity index (χ2n) is 3.85. The summed E-state index contributed by atoms with van der Waals surface area (Å²) in [5, 5.41) is 8.73. The lowest BCUT2D eigenvalue weighted by Crippen LogP contribution is -2.50. The molecule has 0 saturated carbocycles. The molecule has 4 nitrogen and oxygen atoms in total. The number of carboxylic acid groups (broad SMARTS) is 1. The number of rotatable bonds is 1. The van der Waals surface area contributed by atoms with Crippen molar-refractivity contribution in [1.29, 1.82) is 0 Å². The van der Waals surface area contributed by atoms with E-state index >= 15 is 0 Å². The molecule has 1 heterocycles. The second-order valence-corrected chi connectivity index (χ2v) is 3.85. The number of piperidine rings is 1. The molecule has 16 heavy (non-hydrogen) atoms. The molecule has 0 radical (unpaired) electrons. The molecule has 2 atom stereocenters. The molecule has 1 saturated heterocycles. The third-order valence-corrected chi connectivity index (χ3v) is 2.80. The van der Waals surface area contributed by atoms with E-state index in [1.807, 2.05) is 0 Å². The van der Waals surface area contributed by atoms with E-state index < -0.39 is 29.9 Å². The molecule has 0 unspecified atom stereocenters. The maximum atomic E-state index is 12.5. The van der Waals surface area contributed by atoms with Crippen molar-refractivity contribution < 1.29 is 27.9 Å². The first-order valence-corrected chi connectivity index (χ1v) is 4.78. The maximum Gasteiger partial charge on any atom is 0.392 e. The number of nitrogens with zero attached hydrogens (tertiary/aromatic N) is 1. The summed E-state index contributed by atoms with van der Waals surface area (Å²) < 4.78 is 37.5. The molecule has 0 aromatic rings. The second kappa shape index (κ2) is 4.31. The fourth-order valence-corrected chi connectivity index (χ4v) is 1.88. The van der Waals surface area contributed by atoms with Gasteiger partial charge >= 0.3 is 12.1 Å². The fraction of sp³-hybridized carbons (Fsp3) is 0.778. The standard InChI is InChI=1S/C9H12F3NO3/c1-5(14)13-3-2-7(9(10,11)12)6(4-13)8(15)16/h6-7H,2-4H2,1H3,(H,15,16)/t6-,7-/m0/s1. The normalized spacial score (nSPS) is 26.6. The fourth-order valence-electron chi connectivity index (χ4n) is 1.88. The molecule has 1 fully saturated rings. The molecule has 1 aliphatic heterocycles. The summed E-state index contributed by atoms with van der Waals surface area (Å²) in [6, 6.07) is 0. The molecule has 1 rings (SSSR count). The minimum Gasteiger partial charge on any atom is -0.481 e. The third kappa shape index (κ3) is 2.65. The monoisotopic (exact) mass is 239 g/mol. The van der Waals surface area contributed by atoms with Crippen molar-refractivity contribution in [3.05, 3.63) is 0 Å². The molecule has 0 spiro atoms. The van der Waals surface area contributed by atoms with Gasteiger partial charge in [0.05, 0.1) is 11.8 Å². The van der Waals surface area contributed by atoms with Crippen molar-refractivity contribution in [3.63, 3.8) is 0 Å². The molecule has 0 aromatic heterocycles. The molecule has 1 amide bonds. The zero-order valence-electron chi connectivity index (χ0n) is 8.62. The first-order valence-electron chi connectivity index (χ1n) is 4.78. The van der Waals surface area contributed by atoms with E-state index in [-0.39, 0.29) is 19.5 Å². The molecular weight excluding hydrogens is 227 g/mol. The number of carbonyl (C=O) groups excluding carboxylic acids is 1. The van der Waals surface area contributed by atoms with Crippen molar-refractivity contribution in [2.24, 2.45) is 11.8 Å². The average Bonchev–Trinajstić information content (AvgIpc) is 2.15. The first-order chi connectivity index (χ1) is 7.23. The number of amides is 1. The Balaban J connectivity index is 2.84. The summed E-state index contributed by atoms with van der Waals surface area (Å²) in [5.41, 5.74) is 0. The Morgan fingerprint density at radius 2 is 1.94 bits per heavy atom. The Morgan fingerprint density at radius 1 is 1.38 bits per heavy atom. The van der Waals surface area contributed by atoms with E-state index in [0.717, 1.165) is 4.90 Å². The van der Waals surface area contributed by atoms with Gasteiger partial charge in [-0.3, -0.25) is 9.59 Å². The van der Waals surface area contributed by atoms with Crippen molar-refractivity contribution in [2.75, 3.05) is 13.1 Å². The van der Waals surface area contributed by atoms with Crippen LogP contribution in [0.5, 0.6) is 0 Å². The van der Waals surface area contributed by atoms with Crippen LogP contribution in [0.3, 0.4) is 0 Å². The van der Waals surface area contributed by atoms with Crippen LogP contribution in [-0.2, 0) is 9.59 Å². The number of likely N-dealkylation sites (tertiary alicyclic amines) is 1. The van der Waals surface area contributed by atoms with E-state index in [9.17, 15) is 22.8 Å². The van der Waals surface area contributed by atoms with E-state index in [1.54, 1.807) is 0 Å². The molecule has 0 aliphatic carbocycles. The van der Waals surface area contributed by atoms with Gasteiger partial charge in [-0.2, -0.15) is 13.2 Å². The lowest BCUT2D eigenvalue weighted by molar-refractivity contribution is -0.207. The highest BCUT2D eigenvalue weighted by Gasteiger charge is 2.50. The Morgan fingerprint density at radius 3 is 2.31 bits per heavy atom. The minimum atomic E-state index is -4.52. The Hall–Kier alpha value is -1.27. The molecule has 92 valence electrons. The zero-order chi connectivity index (χ0) is 12.5. The summed E-state index contributed by atoms with van der Waals surface area (Å²) in [6.45, 7) is 0.810. The lowest BCUT2D eigenvalue weighted by Gasteiger charge is -2.36. The molecule has 7 heteroatoms. The SMILES string of the molecule is CC(=O)N1CC[C@H](C(F)(F)F)[C@@H](C(=O)O)C1. The van der Waals surface area contributed by atoms with Gasteiger partial charge < -0.3 is 10.0 Å². The number of halogens is 3. The van der Waals surface area contributed by atoms with E-state index in [2.05, 4.69) is 0 Å². The van der Waals surface area contributed by atoms with E-state index in [1.165, 1.54) is 6.92 Å². The highest BCUT2D eigenvalue weighted by molar-refractivity contribution is 5.76. The molecule has 1 aliphatic rings. The Kier molecular flexibility index (Phi) is 3.44. The van der Waals surface area contributed by atoms with Gasteiger partial charge in [-0.15, -0.1) is 0 Å². The Labute approximate surface area is 90.0 Å². The van der Waals surface area contributed by atoms with Crippen LogP contribution in [0.15, 0.2) is 0 Å². The van der Waals surface area contributed by atoms with Crippen molar-refractivity contribution in [3.8, 4) is 0 Å². The van der Waals surface area contributed by atoms with Gasteiger partial charge in [-0.25, -0.2) is 0 Å². The van der Waals surface area contributed by atoms with Crippen molar-refractivity contribution in [1.82, 2.24) is 4.90 Å². The van der Waals surface area contributed by atoms with Crippen LogP contribution in [-0.4, -0.2) is 41.1 Å². The highest BCUT2D eigenvalue weighted by Crippen LogP contribution is 2.37. The van der Waals surface area contributed by atoms with Gasteiger partial charge in [0.1, 0.15) is 0 Å². The number of carboxylic acids is 1. The predicted octanol–water partition coefficient (Wildman–Crippen LogP) is 1.12. The van der Waals surface area contributed by atoms with Crippen molar-refractivity contribution in [2.45, 2.75) is 19.5 Å². The summed E-state index contributed by atoms with van der Waals surface area (Å²) in [5.74, 6) is -5.32. The number of alkyl halides is 3. The topological polar surface area (TPSA) is 57.6 Å². The first kappa shape index (κ1) is 12.8. The van der Waals surface area contributed by atoms with Crippen LogP contribution >= 0.6 is 0 Å². The van der Waals surface area contributed by atoms with E-state index in [0.29, 0.717) is 0 Å². The van der Waals surface area contributed by atoms with Crippen LogP contribution in [0.25, 0.3) is 0 Å². The predicted molar refractivity (Wildman–Crippen MR) is 47.5 cm³/mol. The van der Waals surface area contributed by atoms with Gasteiger partial charge in [0.25, 0.3) is 0 Å². The zero-order valence-corrected chi connectivity index (χ0v) is 8.62. The summed E-state index contributed by atoms with van der Waals surface area (Å²) in [4.78, 5) is 22.9. The van der Waals surface area contributed by atoms with Crippen LogP contribution in [0.1, 0.15) is 13.3 Å². The smallest absolute Gasteiger partial charge is 0.392 e. The largest absolute Gasteiger partial charge is 0.481 e. The summed E-state index contributed by atoms with van der Waals surface area (Å²) in [7, 11) is 0. The van der Waals surface area contributed by atoms with Crippen LogP contribution in [0.4, 0.5) is 13.2 Å². The minimum absolute atomic E-state index is 0.0384. The molecule has 1 N–H and O–H groups in total. The van der Waals surface area contributed by atoms with Crippen LogP contribution < -0.4 is 0 Å². The van der Waals surface area contributed by atoms with Gasteiger partial charge in [-0.05, 0) is 6.42 Å². The number of carbonyl (C=O) groups is 2. The van der Waals surface area contributed by atoms with Crippen molar-refractivity contribution >= 4 is 11.9 Å². The number of hydrogen-bond acceptors (Lipinski definition) is 2. The van der Waals surface area contributed by atoms with Gasteiger partial charge in [0.2, 0.25) is 5.91 Å². The summed E-state index contributed by atoms with van der Waals surface area (Å²) in [6.07, 6.45) is -4.87. The van der Waals surface area contributed by atoms with Crippen LogP contribution in [0.2, 0.25) is 0 Å².